The van der Waals surface area contributed by atoms with Gasteiger partial charge in [-0.05, 0) is 30.0 Å². The van der Waals surface area contributed by atoms with E-state index in [0.29, 0.717) is 0 Å². The number of hydrogen-bond donors (Lipinski definition) is 1. The van der Waals surface area contributed by atoms with Gasteiger partial charge in [-0.3, -0.25) is 0 Å². The lowest BCUT2D eigenvalue weighted by atomic mass is 9.90. The van der Waals surface area contributed by atoms with E-state index in [0.717, 1.165) is 6.54 Å². The van der Waals surface area contributed by atoms with Crippen LogP contribution in [0.1, 0.15) is 18.1 Å². The van der Waals surface area contributed by atoms with E-state index in [1.807, 2.05) is 0 Å². The van der Waals surface area contributed by atoms with Crippen LogP contribution in [0.4, 0.5) is 23.0 Å². The number of halogens is 4. The third kappa shape index (κ3) is 4.16. The summed E-state index contributed by atoms with van der Waals surface area (Å²) < 4.78 is 41.2. The lowest BCUT2D eigenvalue weighted by Gasteiger charge is -2.17. The monoisotopic (exact) mass is 338 g/mol. The van der Waals surface area contributed by atoms with Gasteiger partial charge in [-0.1, -0.05) is 24.3 Å². The van der Waals surface area contributed by atoms with Crippen molar-refractivity contribution in [1.29, 1.82) is 0 Å². The van der Waals surface area contributed by atoms with Crippen molar-refractivity contribution in [2.45, 2.75) is 6.92 Å². The van der Waals surface area contributed by atoms with Crippen LogP contribution in [0.15, 0.2) is 36.4 Å². The zero-order valence-corrected chi connectivity index (χ0v) is 13.8. The fraction of sp³-hybridized carbons (Fsp3) is 0.235. The first-order valence-electron chi connectivity index (χ1n) is 7.62. The van der Waals surface area contributed by atoms with Gasteiger partial charge in [0.15, 0.2) is 0 Å². The van der Waals surface area contributed by atoms with Gasteiger partial charge in [0.05, 0.1) is 5.56 Å². The average molecular weight is 338 g/mol. The highest BCUT2D eigenvalue weighted by molar-refractivity contribution is 6.50. The van der Waals surface area contributed by atoms with E-state index in [1.54, 1.807) is 0 Å². The molecule has 1 N–H and O–H groups in total. The van der Waals surface area contributed by atoms with E-state index in [-0.39, 0.29) is 0 Å². The predicted molar refractivity (Wildman–Crippen MR) is 93.5 cm³/mol. The van der Waals surface area contributed by atoms with Gasteiger partial charge < -0.3 is 22.6 Å². The first kappa shape index (κ1) is 18.0. The highest BCUT2D eigenvalue weighted by atomic mass is 19.5. The van der Waals surface area contributed by atoms with Crippen LogP contribution >= 0.6 is 0 Å². The Morgan fingerprint density at radius 2 is 1.67 bits per heavy atom. The third-order valence-corrected chi connectivity index (χ3v) is 3.60. The van der Waals surface area contributed by atoms with Crippen molar-refractivity contribution < 1.29 is 21.8 Å². The smallest absolute Gasteiger partial charge is 0.418 e. The number of nitrogens with zero attached hydrogens (tertiary/aromatic N) is 1. The van der Waals surface area contributed by atoms with Gasteiger partial charge >= 0.3 is 7.25 Å². The fourth-order valence-electron chi connectivity index (χ4n) is 2.77. The maximum atomic E-state index is 9.75. The molecule has 0 radical (unpaired) electrons. The summed E-state index contributed by atoms with van der Waals surface area (Å²) in [6, 6.07) is 10.9. The topological polar surface area (TPSA) is 15.0 Å². The SMILES string of the molecule is CCNc1ccc2cccc3c2c1C(=[N+](C)C)C=C3.F[B-](F)(F)F. The number of nitrogens with one attached hydrogen (secondary N) is 1. The van der Waals surface area contributed by atoms with Crippen molar-refractivity contribution in [2.24, 2.45) is 0 Å². The molecule has 0 bridgehead atoms. The minimum absolute atomic E-state index is 0.936. The molecule has 128 valence electrons. The van der Waals surface area contributed by atoms with Gasteiger partial charge in [0, 0.05) is 23.7 Å². The Kier molecular flexibility index (Phi) is 5.31. The van der Waals surface area contributed by atoms with Crippen LogP contribution in [-0.2, 0) is 0 Å². The second-order valence-corrected chi connectivity index (χ2v) is 5.57. The van der Waals surface area contributed by atoms with Gasteiger partial charge in [-0.15, -0.1) is 0 Å². The highest BCUT2D eigenvalue weighted by Crippen LogP contribution is 2.33. The first-order chi connectivity index (χ1) is 11.2. The summed E-state index contributed by atoms with van der Waals surface area (Å²) >= 11 is 0. The summed E-state index contributed by atoms with van der Waals surface area (Å²) in [6.45, 7) is 3.07. The summed E-state index contributed by atoms with van der Waals surface area (Å²) in [5.41, 5.74) is 5.11. The Hall–Kier alpha value is -2.31. The summed E-state index contributed by atoms with van der Waals surface area (Å²) in [7, 11) is -1.80. The molecule has 0 spiro atoms. The van der Waals surface area contributed by atoms with E-state index in [1.165, 1.54) is 33.3 Å². The third-order valence-electron chi connectivity index (χ3n) is 3.60. The number of allylic oxidation sites excluding steroid dienone is 1. The van der Waals surface area contributed by atoms with Crippen molar-refractivity contribution in [1.82, 2.24) is 0 Å². The number of rotatable bonds is 2. The Balaban J connectivity index is 0.000000368. The van der Waals surface area contributed by atoms with Gasteiger partial charge in [0.2, 0.25) is 5.71 Å². The Labute approximate surface area is 138 Å². The van der Waals surface area contributed by atoms with Crippen LogP contribution in [0.5, 0.6) is 0 Å². The van der Waals surface area contributed by atoms with E-state index in [2.05, 4.69) is 73.4 Å². The number of hydrogen-bond acceptors (Lipinski definition) is 1. The van der Waals surface area contributed by atoms with Crippen LogP contribution < -0.4 is 5.32 Å². The van der Waals surface area contributed by atoms with Crippen LogP contribution in [0.3, 0.4) is 0 Å². The van der Waals surface area contributed by atoms with Gasteiger partial charge in [0.1, 0.15) is 14.1 Å². The lowest BCUT2D eigenvalue weighted by molar-refractivity contribution is -0.462. The molecule has 24 heavy (non-hydrogen) atoms. The molecule has 7 heteroatoms. The molecule has 0 fully saturated rings. The summed E-state index contributed by atoms with van der Waals surface area (Å²) in [4.78, 5) is 0. The van der Waals surface area contributed by atoms with Gasteiger partial charge in [-0.2, -0.15) is 0 Å². The molecule has 0 heterocycles. The van der Waals surface area contributed by atoms with E-state index in [9.17, 15) is 17.3 Å². The van der Waals surface area contributed by atoms with Crippen molar-refractivity contribution in [2.75, 3.05) is 26.0 Å². The zero-order chi connectivity index (χ0) is 17.9. The lowest BCUT2D eigenvalue weighted by Crippen LogP contribution is -2.17. The van der Waals surface area contributed by atoms with E-state index < -0.39 is 7.25 Å². The standard InChI is InChI=1S/C17H18N2.BF4/c1-4-18-14-10-8-12-6-5-7-13-9-11-15(19(2)3)17(14)16(12)13;2-1(3,4)5/h5-11H,4H2,1-3H3;/q;-1/p+1. The first-order valence-corrected chi connectivity index (χ1v) is 7.62. The van der Waals surface area contributed by atoms with Crippen molar-refractivity contribution >= 4 is 35.5 Å². The van der Waals surface area contributed by atoms with Crippen LogP contribution in [0.2, 0.25) is 0 Å². The Morgan fingerprint density at radius 3 is 2.25 bits per heavy atom. The molecule has 1 aliphatic carbocycles. The quantitative estimate of drug-likeness (QED) is 0.478. The maximum absolute atomic E-state index is 9.75. The Morgan fingerprint density at radius 1 is 1.00 bits per heavy atom. The van der Waals surface area contributed by atoms with Gasteiger partial charge in [-0.25, -0.2) is 4.58 Å². The summed E-state index contributed by atoms with van der Waals surface area (Å²) in [5.74, 6) is 0. The molecule has 3 rings (SSSR count). The molecular weight excluding hydrogens is 319 g/mol. The number of benzene rings is 2. The maximum Gasteiger partial charge on any atom is 0.673 e. The van der Waals surface area contributed by atoms with Crippen LogP contribution in [0, 0.1) is 0 Å². The largest absolute Gasteiger partial charge is 0.673 e. The second-order valence-electron chi connectivity index (χ2n) is 5.57. The van der Waals surface area contributed by atoms with E-state index in [4.69, 9.17) is 0 Å². The van der Waals surface area contributed by atoms with Crippen LogP contribution in [0.25, 0.3) is 16.8 Å². The van der Waals surface area contributed by atoms with E-state index >= 15 is 0 Å². The molecule has 0 aromatic heterocycles. The minimum Gasteiger partial charge on any atom is -0.418 e. The molecule has 2 nitrogen and oxygen atoms in total. The van der Waals surface area contributed by atoms with Gasteiger partial charge in [0.25, 0.3) is 0 Å². The molecular formula is C17H19BF4N2. The zero-order valence-electron chi connectivity index (χ0n) is 13.8. The molecule has 0 amide bonds. The molecule has 0 saturated carbocycles. The molecule has 0 saturated heterocycles. The summed E-state index contributed by atoms with van der Waals surface area (Å²) in [5, 5.41) is 6.14. The van der Waals surface area contributed by atoms with Crippen LogP contribution in [-0.4, -0.2) is 38.2 Å². The highest BCUT2D eigenvalue weighted by Gasteiger charge is 2.22. The average Bonchev–Trinajstić information content (AvgIpc) is 2.48. The molecule has 0 atom stereocenters. The molecule has 1 aliphatic rings. The molecule has 0 unspecified atom stereocenters. The molecule has 0 aliphatic heterocycles. The number of anilines is 1. The molecule has 2 aromatic carbocycles. The second kappa shape index (κ2) is 7.07. The fourth-order valence-corrected chi connectivity index (χ4v) is 2.77. The normalized spacial score (nSPS) is 12.7. The minimum atomic E-state index is -6.00. The van der Waals surface area contributed by atoms with Crippen molar-refractivity contribution in [3.8, 4) is 0 Å². The Bertz CT molecular complexity index is 800. The predicted octanol–water partition coefficient (Wildman–Crippen LogP) is 4.66. The molecule has 2 aromatic rings. The van der Waals surface area contributed by atoms with Crippen molar-refractivity contribution in [3.63, 3.8) is 0 Å². The van der Waals surface area contributed by atoms with Crippen molar-refractivity contribution in [3.05, 3.63) is 47.5 Å². The summed E-state index contributed by atoms with van der Waals surface area (Å²) in [6.07, 6.45) is 4.42.